The van der Waals surface area contributed by atoms with Crippen molar-refractivity contribution >= 4 is 5.69 Å². The van der Waals surface area contributed by atoms with Gasteiger partial charge < -0.3 is 5.11 Å². The summed E-state index contributed by atoms with van der Waals surface area (Å²) in [5.74, 6) is 0. The van der Waals surface area contributed by atoms with Crippen molar-refractivity contribution in [3.8, 4) is 0 Å². The monoisotopic (exact) mass is 263 g/mol. The minimum absolute atomic E-state index is 0.0953. The van der Waals surface area contributed by atoms with Crippen molar-refractivity contribution in [3.63, 3.8) is 0 Å². The molecule has 4 nitrogen and oxygen atoms in total. The predicted octanol–water partition coefficient (Wildman–Crippen LogP) is 3.47. The van der Waals surface area contributed by atoms with Gasteiger partial charge >= 0.3 is 0 Å². The lowest BCUT2D eigenvalue weighted by Crippen LogP contribution is -2.36. The summed E-state index contributed by atoms with van der Waals surface area (Å²) < 4.78 is 0. The maximum absolute atomic E-state index is 11.0. The lowest BCUT2D eigenvalue weighted by atomic mass is 9.70. The van der Waals surface area contributed by atoms with Gasteiger partial charge in [0.05, 0.1) is 11.0 Å². The first-order valence-electron chi connectivity index (χ1n) is 6.93. The van der Waals surface area contributed by atoms with Gasteiger partial charge in [-0.15, -0.1) is 0 Å². The van der Waals surface area contributed by atoms with E-state index in [1.807, 2.05) is 0 Å². The van der Waals surface area contributed by atoms with E-state index in [9.17, 15) is 15.2 Å². The lowest BCUT2D eigenvalue weighted by Gasteiger charge is -2.38. The third-order valence-corrected chi connectivity index (χ3v) is 4.40. The average Bonchev–Trinajstić information content (AvgIpc) is 2.40. The van der Waals surface area contributed by atoms with E-state index in [-0.39, 0.29) is 16.0 Å². The molecule has 1 N–H and O–H groups in total. The number of hydrogen-bond donors (Lipinski definition) is 1. The Morgan fingerprint density at radius 1 is 1.32 bits per heavy atom. The van der Waals surface area contributed by atoms with Crippen molar-refractivity contribution in [1.82, 2.24) is 0 Å². The Hall–Kier alpha value is -1.42. The van der Waals surface area contributed by atoms with E-state index < -0.39 is 6.10 Å². The minimum atomic E-state index is -0.506. The van der Waals surface area contributed by atoms with E-state index in [2.05, 4.69) is 6.92 Å². The molecule has 0 spiro atoms. The van der Waals surface area contributed by atoms with Crippen molar-refractivity contribution in [2.24, 2.45) is 5.41 Å². The van der Waals surface area contributed by atoms with E-state index in [4.69, 9.17) is 0 Å². The van der Waals surface area contributed by atoms with Gasteiger partial charge in [-0.1, -0.05) is 44.4 Å². The largest absolute Gasteiger partial charge is 0.392 e. The molecule has 1 fully saturated rings. The molecule has 0 radical (unpaired) electrons. The van der Waals surface area contributed by atoms with Crippen LogP contribution in [0, 0.1) is 15.5 Å². The molecule has 4 heteroatoms. The Kier molecular flexibility index (Phi) is 4.20. The van der Waals surface area contributed by atoms with Gasteiger partial charge in [0.25, 0.3) is 5.69 Å². The van der Waals surface area contributed by atoms with Crippen LogP contribution >= 0.6 is 0 Å². The first-order chi connectivity index (χ1) is 9.03. The second kappa shape index (κ2) is 5.70. The van der Waals surface area contributed by atoms with Crippen LogP contribution in [0.3, 0.4) is 0 Å². The molecule has 1 aliphatic carbocycles. The summed E-state index contributed by atoms with van der Waals surface area (Å²) in [6, 6.07) is 6.70. The number of aliphatic hydroxyl groups excluding tert-OH is 1. The smallest absolute Gasteiger partial charge is 0.272 e. The highest BCUT2D eigenvalue weighted by Crippen LogP contribution is 2.40. The van der Waals surface area contributed by atoms with Crippen LogP contribution in [-0.2, 0) is 6.42 Å². The van der Waals surface area contributed by atoms with Crippen molar-refractivity contribution in [1.29, 1.82) is 0 Å². The minimum Gasteiger partial charge on any atom is -0.392 e. The van der Waals surface area contributed by atoms with Crippen LogP contribution in [-0.4, -0.2) is 16.1 Å². The predicted molar refractivity (Wildman–Crippen MR) is 74.0 cm³/mol. The van der Waals surface area contributed by atoms with Crippen LogP contribution in [0.25, 0.3) is 0 Å². The molecule has 1 aliphatic rings. The normalized spacial score (nSPS) is 19.9. The molecule has 1 saturated carbocycles. The highest BCUT2D eigenvalue weighted by molar-refractivity contribution is 5.40. The number of hydrogen-bond acceptors (Lipinski definition) is 3. The van der Waals surface area contributed by atoms with Crippen LogP contribution in [0.15, 0.2) is 24.3 Å². The molecule has 1 unspecified atom stereocenters. The first kappa shape index (κ1) is 14.0. The fourth-order valence-electron chi connectivity index (χ4n) is 3.01. The van der Waals surface area contributed by atoms with E-state index in [0.29, 0.717) is 12.0 Å². The fraction of sp³-hybridized carbons (Fsp3) is 0.600. The summed E-state index contributed by atoms with van der Waals surface area (Å²) in [6.07, 6.45) is 5.40. The van der Waals surface area contributed by atoms with Crippen LogP contribution < -0.4 is 0 Å². The number of rotatable bonds is 4. The van der Waals surface area contributed by atoms with Gasteiger partial charge in [0, 0.05) is 18.1 Å². The van der Waals surface area contributed by atoms with E-state index >= 15 is 0 Å². The number of aliphatic hydroxyl groups is 1. The van der Waals surface area contributed by atoms with Crippen molar-refractivity contribution in [2.45, 2.75) is 51.6 Å². The summed E-state index contributed by atoms with van der Waals surface area (Å²) >= 11 is 0. The number of nitro groups is 1. The quantitative estimate of drug-likeness (QED) is 0.668. The zero-order valence-corrected chi connectivity index (χ0v) is 11.3. The maximum Gasteiger partial charge on any atom is 0.272 e. The fourth-order valence-corrected chi connectivity index (χ4v) is 3.01. The Bertz CT molecular complexity index is 452. The van der Waals surface area contributed by atoms with Crippen molar-refractivity contribution < 1.29 is 10.0 Å². The highest BCUT2D eigenvalue weighted by Gasteiger charge is 2.35. The molecule has 0 saturated heterocycles. The molecule has 1 aromatic carbocycles. The van der Waals surface area contributed by atoms with E-state index in [1.54, 1.807) is 18.2 Å². The molecule has 19 heavy (non-hydrogen) atoms. The van der Waals surface area contributed by atoms with Crippen LogP contribution in [0.1, 0.15) is 44.6 Å². The van der Waals surface area contributed by atoms with Gasteiger partial charge in [0.15, 0.2) is 0 Å². The van der Waals surface area contributed by atoms with Gasteiger partial charge in [-0.2, -0.15) is 0 Å². The third kappa shape index (κ3) is 3.13. The lowest BCUT2D eigenvalue weighted by molar-refractivity contribution is -0.385. The van der Waals surface area contributed by atoms with Crippen molar-refractivity contribution in [2.75, 3.05) is 0 Å². The average molecular weight is 263 g/mol. The molecule has 0 aliphatic heterocycles. The van der Waals surface area contributed by atoms with Crippen LogP contribution in [0.5, 0.6) is 0 Å². The first-order valence-corrected chi connectivity index (χ1v) is 6.93. The summed E-state index contributed by atoms with van der Waals surface area (Å²) in [6.45, 7) is 2.10. The van der Waals surface area contributed by atoms with Gasteiger partial charge in [0.1, 0.15) is 0 Å². The molecule has 104 valence electrons. The Morgan fingerprint density at radius 3 is 2.58 bits per heavy atom. The molecule has 1 aromatic rings. The Balaban J connectivity index is 2.14. The Labute approximate surface area is 113 Å². The van der Waals surface area contributed by atoms with E-state index in [0.717, 1.165) is 25.7 Å². The molecular formula is C15H21NO3. The summed E-state index contributed by atoms with van der Waals surface area (Å²) in [5.41, 5.74) is 0.648. The van der Waals surface area contributed by atoms with Crippen molar-refractivity contribution in [3.05, 3.63) is 39.9 Å². The molecule has 0 amide bonds. The van der Waals surface area contributed by atoms with Crippen LogP contribution in [0.2, 0.25) is 0 Å². The molecule has 1 atom stereocenters. The van der Waals surface area contributed by atoms with Gasteiger partial charge in [-0.05, 0) is 18.3 Å². The van der Waals surface area contributed by atoms with E-state index in [1.165, 1.54) is 12.5 Å². The van der Waals surface area contributed by atoms with Gasteiger partial charge in [0.2, 0.25) is 0 Å². The standard InChI is InChI=1S/C15H21NO3/c1-15(9-5-2-6-10-15)14(17)11-12-7-3-4-8-13(12)16(18)19/h3-4,7-8,14,17H,2,5-6,9-11H2,1H3. The zero-order chi connectivity index (χ0) is 13.9. The van der Waals surface area contributed by atoms with Gasteiger partial charge in [-0.3, -0.25) is 10.1 Å². The molecule has 0 heterocycles. The molecule has 0 bridgehead atoms. The Morgan fingerprint density at radius 2 is 1.95 bits per heavy atom. The summed E-state index contributed by atoms with van der Waals surface area (Å²) in [4.78, 5) is 10.6. The molecule has 2 rings (SSSR count). The zero-order valence-electron chi connectivity index (χ0n) is 11.3. The summed E-state index contributed by atoms with van der Waals surface area (Å²) in [5, 5.41) is 21.5. The topological polar surface area (TPSA) is 63.4 Å². The SMILES string of the molecule is CC1(C(O)Cc2ccccc2[N+](=O)[O-])CCCCC1. The number of nitro benzene ring substituents is 1. The second-order valence-electron chi connectivity index (χ2n) is 5.82. The maximum atomic E-state index is 11.0. The second-order valence-corrected chi connectivity index (χ2v) is 5.82. The number of nitrogens with zero attached hydrogens (tertiary/aromatic N) is 1. The highest BCUT2D eigenvalue weighted by atomic mass is 16.6. The molecular weight excluding hydrogens is 242 g/mol. The number of para-hydroxylation sites is 1. The molecule has 0 aromatic heterocycles. The van der Waals surface area contributed by atoms with Crippen LogP contribution in [0.4, 0.5) is 5.69 Å². The number of benzene rings is 1. The third-order valence-electron chi connectivity index (χ3n) is 4.40. The van der Waals surface area contributed by atoms with Gasteiger partial charge in [-0.25, -0.2) is 0 Å². The summed E-state index contributed by atoms with van der Waals surface area (Å²) in [7, 11) is 0.